The first-order valence-corrected chi connectivity index (χ1v) is 12.5. The molecule has 0 aliphatic rings. The van der Waals surface area contributed by atoms with E-state index in [2.05, 4.69) is 48.0 Å². The SMILES string of the molecule is COc1ccc(CC(=O)NC(C)c2nc3ccccc3n2CCCCOc2cc(C)cc(C)c2)cc1. The molecule has 6 heteroatoms. The number of unbranched alkanes of at least 4 members (excludes halogenated alkanes) is 1. The van der Waals surface area contributed by atoms with Crippen LogP contribution in [0.4, 0.5) is 0 Å². The molecule has 0 fully saturated rings. The summed E-state index contributed by atoms with van der Waals surface area (Å²) in [5.74, 6) is 2.54. The van der Waals surface area contributed by atoms with Gasteiger partial charge in [0, 0.05) is 6.54 Å². The number of benzene rings is 3. The zero-order chi connectivity index (χ0) is 25.5. The van der Waals surface area contributed by atoms with E-state index in [-0.39, 0.29) is 11.9 Å². The molecular weight excluding hydrogens is 450 g/mol. The van der Waals surface area contributed by atoms with Gasteiger partial charge in [0.1, 0.15) is 17.3 Å². The highest BCUT2D eigenvalue weighted by Gasteiger charge is 2.18. The number of nitrogens with one attached hydrogen (secondary N) is 1. The second-order valence-electron chi connectivity index (χ2n) is 9.30. The van der Waals surface area contributed by atoms with E-state index in [1.54, 1.807) is 7.11 Å². The van der Waals surface area contributed by atoms with Gasteiger partial charge in [-0.15, -0.1) is 0 Å². The first-order valence-electron chi connectivity index (χ1n) is 12.5. The minimum atomic E-state index is -0.213. The van der Waals surface area contributed by atoms with Crippen LogP contribution < -0.4 is 14.8 Å². The summed E-state index contributed by atoms with van der Waals surface area (Å²) < 4.78 is 13.4. The molecule has 0 radical (unpaired) electrons. The molecule has 1 N–H and O–H groups in total. The van der Waals surface area contributed by atoms with Crippen molar-refractivity contribution in [3.63, 3.8) is 0 Å². The zero-order valence-corrected chi connectivity index (χ0v) is 21.6. The number of carbonyl (C=O) groups excluding carboxylic acids is 1. The molecule has 0 aliphatic heterocycles. The van der Waals surface area contributed by atoms with Crippen LogP contribution in [-0.2, 0) is 17.8 Å². The fraction of sp³-hybridized carbons (Fsp3) is 0.333. The van der Waals surface area contributed by atoms with Crippen LogP contribution in [0.15, 0.2) is 66.7 Å². The standard InChI is InChI=1S/C30H35N3O3/c1-21-17-22(2)19-26(18-21)36-16-8-7-15-33-28-10-6-5-9-27(28)32-30(33)23(3)31-29(34)20-24-11-13-25(35-4)14-12-24/h5-6,9-14,17-19,23H,7-8,15-16,20H2,1-4H3,(H,31,34). The third-order valence-electron chi connectivity index (χ3n) is 6.21. The molecule has 0 saturated heterocycles. The summed E-state index contributed by atoms with van der Waals surface area (Å²) in [6.45, 7) is 7.64. The molecule has 1 atom stereocenters. The first kappa shape index (κ1) is 25.3. The molecule has 0 spiro atoms. The van der Waals surface area contributed by atoms with E-state index >= 15 is 0 Å². The monoisotopic (exact) mass is 485 g/mol. The lowest BCUT2D eigenvalue weighted by atomic mass is 10.1. The van der Waals surface area contributed by atoms with Crippen LogP contribution in [0.2, 0.25) is 0 Å². The summed E-state index contributed by atoms with van der Waals surface area (Å²) in [6, 6.07) is 21.8. The average molecular weight is 486 g/mol. The van der Waals surface area contributed by atoms with Gasteiger partial charge >= 0.3 is 0 Å². The molecule has 0 aliphatic carbocycles. The molecule has 4 aromatic rings. The number of ether oxygens (including phenoxy) is 2. The minimum absolute atomic E-state index is 0.0341. The molecule has 4 rings (SSSR count). The van der Waals surface area contributed by atoms with Crippen LogP contribution in [0.5, 0.6) is 11.5 Å². The van der Waals surface area contributed by atoms with Crippen LogP contribution in [-0.4, -0.2) is 29.2 Å². The summed E-state index contributed by atoms with van der Waals surface area (Å²) >= 11 is 0. The molecule has 0 bridgehead atoms. The van der Waals surface area contributed by atoms with Gasteiger partial charge in [0.05, 0.1) is 37.2 Å². The number of para-hydroxylation sites is 2. The van der Waals surface area contributed by atoms with Crippen LogP contribution in [0.25, 0.3) is 11.0 Å². The van der Waals surface area contributed by atoms with Crippen LogP contribution in [0.3, 0.4) is 0 Å². The Kier molecular flexibility index (Phi) is 8.26. The van der Waals surface area contributed by atoms with E-state index in [1.807, 2.05) is 49.4 Å². The quantitative estimate of drug-likeness (QED) is 0.267. The molecule has 188 valence electrons. The number of imidazole rings is 1. The van der Waals surface area contributed by atoms with Gasteiger partial charge in [0.15, 0.2) is 0 Å². The van der Waals surface area contributed by atoms with Gasteiger partial charge in [-0.05, 0) is 86.7 Å². The maximum Gasteiger partial charge on any atom is 0.224 e. The summed E-state index contributed by atoms with van der Waals surface area (Å²) in [7, 11) is 1.63. The Bertz CT molecular complexity index is 1290. The number of aromatic nitrogens is 2. The van der Waals surface area contributed by atoms with Crippen molar-refractivity contribution in [3.05, 3.63) is 89.2 Å². The minimum Gasteiger partial charge on any atom is -0.497 e. The highest BCUT2D eigenvalue weighted by molar-refractivity contribution is 5.79. The number of hydrogen-bond acceptors (Lipinski definition) is 4. The lowest BCUT2D eigenvalue weighted by Crippen LogP contribution is -2.30. The smallest absolute Gasteiger partial charge is 0.224 e. The number of methoxy groups -OCH3 is 1. The molecule has 3 aromatic carbocycles. The van der Waals surface area contributed by atoms with Crippen LogP contribution >= 0.6 is 0 Å². The molecule has 1 amide bonds. The van der Waals surface area contributed by atoms with Gasteiger partial charge < -0.3 is 19.4 Å². The number of carbonyl (C=O) groups is 1. The number of fused-ring (bicyclic) bond motifs is 1. The molecule has 36 heavy (non-hydrogen) atoms. The summed E-state index contributed by atoms with van der Waals surface area (Å²) in [4.78, 5) is 17.6. The van der Waals surface area contributed by atoms with Crippen LogP contribution in [0.1, 0.15) is 48.3 Å². The zero-order valence-electron chi connectivity index (χ0n) is 21.6. The third kappa shape index (κ3) is 6.45. The topological polar surface area (TPSA) is 65.4 Å². The largest absolute Gasteiger partial charge is 0.497 e. The Hall–Kier alpha value is -3.80. The van der Waals surface area contributed by atoms with Crippen molar-refractivity contribution in [2.24, 2.45) is 0 Å². The van der Waals surface area contributed by atoms with Gasteiger partial charge in [-0.1, -0.05) is 30.3 Å². The lowest BCUT2D eigenvalue weighted by molar-refractivity contribution is -0.121. The molecule has 1 unspecified atom stereocenters. The summed E-state index contributed by atoms with van der Waals surface area (Å²) in [6.07, 6.45) is 2.19. The predicted molar refractivity (Wildman–Crippen MR) is 144 cm³/mol. The van der Waals surface area contributed by atoms with Crippen molar-refractivity contribution in [2.75, 3.05) is 13.7 Å². The fourth-order valence-electron chi connectivity index (χ4n) is 4.52. The molecular formula is C30H35N3O3. The van der Waals surface area contributed by atoms with Crippen molar-refractivity contribution in [3.8, 4) is 11.5 Å². The Morgan fingerprint density at radius 2 is 1.69 bits per heavy atom. The number of amides is 1. The van der Waals surface area contributed by atoms with Gasteiger partial charge in [-0.2, -0.15) is 0 Å². The second kappa shape index (κ2) is 11.8. The van der Waals surface area contributed by atoms with Crippen molar-refractivity contribution >= 4 is 16.9 Å². The molecule has 1 aromatic heterocycles. The van der Waals surface area contributed by atoms with Crippen molar-refractivity contribution in [2.45, 2.75) is 52.6 Å². The summed E-state index contributed by atoms with van der Waals surface area (Å²) in [5, 5.41) is 3.13. The van der Waals surface area contributed by atoms with Crippen molar-refractivity contribution in [1.29, 1.82) is 0 Å². The van der Waals surface area contributed by atoms with E-state index < -0.39 is 0 Å². The number of nitrogens with zero attached hydrogens (tertiary/aromatic N) is 2. The van der Waals surface area contributed by atoms with Crippen molar-refractivity contribution < 1.29 is 14.3 Å². The number of rotatable bonds is 11. The second-order valence-corrected chi connectivity index (χ2v) is 9.30. The van der Waals surface area contributed by atoms with Gasteiger partial charge in [0.2, 0.25) is 5.91 Å². The van der Waals surface area contributed by atoms with Crippen molar-refractivity contribution in [1.82, 2.24) is 14.9 Å². The van der Waals surface area contributed by atoms with E-state index in [0.717, 1.165) is 53.3 Å². The highest BCUT2D eigenvalue weighted by atomic mass is 16.5. The fourth-order valence-corrected chi connectivity index (χ4v) is 4.52. The highest BCUT2D eigenvalue weighted by Crippen LogP contribution is 2.22. The predicted octanol–water partition coefficient (Wildman–Crippen LogP) is 5.94. The van der Waals surface area contributed by atoms with Crippen LogP contribution in [0, 0.1) is 13.8 Å². The maximum absolute atomic E-state index is 12.8. The van der Waals surface area contributed by atoms with E-state index in [0.29, 0.717) is 13.0 Å². The van der Waals surface area contributed by atoms with E-state index in [9.17, 15) is 4.79 Å². The Labute approximate surface area is 213 Å². The van der Waals surface area contributed by atoms with Gasteiger partial charge in [-0.3, -0.25) is 4.79 Å². The maximum atomic E-state index is 12.8. The van der Waals surface area contributed by atoms with Gasteiger partial charge in [0.25, 0.3) is 0 Å². The van der Waals surface area contributed by atoms with E-state index in [4.69, 9.17) is 14.5 Å². The molecule has 0 saturated carbocycles. The Morgan fingerprint density at radius 1 is 0.972 bits per heavy atom. The van der Waals surface area contributed by atoms with E-state index in [1.165, 1.54) is 11.1 Å². The molecule has 1 heterocycles. The van der Waals surface area contributed by atoms with Gasteiger partial charge in [-0.25, -0.2) is 4.98 Å². The third-order valence-corrected chi connectivity index (χ3v) is 6.21. The normalized spacial score (nSPS) is 11.9. The molecule has 6 nitrogen and oxygen atoms in total. The lowest BCUT2D eigenvalue weighted by Gasteiger charge is -2.17. The average Bonchev–Trinajstić information content (AvgIpc) is 3.22. The number of hydrogen-bond donors (Lipinski definition) is 1. The Morgan fingerprint density at radius 3 is 2.42 bits per heavy atom. The Balaban J connectivity index is 1.38. The summed E-state index contributed by atoms with van der Waals surface area (Å²) in [5.41, 5.74) is 5.39. The first-order chi connectivity index (χ1) is 17.4. The number of aryl methyl sites for hydroxylation is 3.